The van der Waals surface area contributed by atoms with Crippen LogP contribution < -0.4 is 11.1 Å². The average Bonchev–Trinajstić information content (AvgIpc) is 2.85. The molecule has 0 saturated heterocycles. The molecule has 2 aromatic rings. The van der Waals surface area contributed by atoms with Crippen molar-refractivity contribution in [3.8, 4) is 0 Å². The van der Waals surface area contributed by atoms with E-state index in [1.807, 2.05) is 4.57 Å². The van der Waals surface area contributed by atoms with E-state index in [-0.39, 0.29) is 6.03 Å². The lowest BCUT2D eigenvalue weighted by Gasteiger charge is -2.27. The standard InChI is InChI=1S/C12H14N6O/c13-9-2-1-3-10(6-9)15-12(19)17-4-5-18-8-14-16-11(18)7-17/h1-3,6,8H,4-5,7,13H2,(H,15,19). The monoisotopic (exact) mass is 258 g/mol. The molecule has 3 N–H and O–H groups in total. The van der Waals surface area contributed by atoms with Crippen LogP contribution in [0.25, 0.3) is 0 Å². The number of nitrogen functional groups attached to an aromatic ring is 1. The minimum absolute atomic E-state index is 0.153. The van der Waals surface area contributed by atoms with Gasteiger partial charge in [0, 0.05) is 24.5 Å². The molecule has 0 radical (unpaired) electrons. The topological polar surface area (TPSA) is 89.1 Å². The number of benzene rings is 1. The molecule has 0 aliphatic carbocycles. The number of aromatic nitrogens is 3. The molecule has 0 saturated carbocycles. The number of hydrogen-bond acceptors (Lipinski definition) is 4. The third kappa shape index (κ3) is 2.35. The van der Waals surface area contributed by atoms with Crippen LogP contribution >= 0.6 is 0 Å². The summed E-state index contributed by atoms with van der Waals surface area (Å²) in [5.41, 5.74) is 6.99. The number of carbonyl (C=O) groups is 1. The second-order valence-corrected chi connectivity index (χ2v) is 4.42. The zero-order valence-corrected chi connectivity index (χ0v) is 10.3. The molecule has 98 valence electrons. The van der Waals surface area contributed by atoms with E-state index in [0.29, 0.717) is 31.0 Å². The summed E-state index contributed by atoms with van der Waals surface area (Å²) < 4.78 is 1.95. The number of nitrogens with zero attached hydrogens (tertiary/aromatic N) is 4. The molecular formula is C12H14N6O. The average molecular weight is 258 g/mol. The first-order valence-electron chi connectivity index (χ1n) is 6.00. The highest BCUT2D eigenvalue weighted by molar-refractivity contribution is 5.89. The number of anilines is 2. The summed E-state index contributed by atoms with van der Waals surface area (Å²) in [5, 5.41) is 10.6. The summed E-state index contributed by atoms with van der Waals surface area (Å²) in [4.78, 5) is 13.8. The highest BCUT2D eigenvalue weighted by Gasteiger charge is 2.21. The van der Waals surface area contributed by atoms with E-state index in [1.165, 1.54) is 0 Å². The summed E-state index contributed by atoms with van der Waals surface area (Å²) in [7, 11) is 0. The number of hydrogen-bond donors (Lipinski definition) is 2. The van der Waals surface area contributed by atoms with Gasteiger partial charge in [-0.1, -0.05) is 6.07 Å². The molecule has 7 heteroatoms. The van der Waals surface area contributed by atoms with Gasteiger partial charge in [-0.25, -0.2) is 4.79 Å². The highest BCUT2D eigenvalue weighted by atomic mass is 16.2. The highest BCUT2D eigenvalue weighted by Crippen LogP contribution is 2.14. The van der Waals surface area contributed by atoms with Crippen LogP contribution in [0.5, 0.6) is 0 Å². The van der Waals surface area contributed by atoms with Crippen molar-refractivity contribution in [2.24, 2.45) is 0 Å². The SMILES string of the molecule is Nc1cccc(NC(=O)N2CCn3cnnc3C2)c1. The molecular weight excluding hydrogens is 244 g/mol. The number of amides is 2. The summed E-state index contributed by atoms with van der Waals surface area (Å²) in [5.74, 6) is 0.800. The lowest BCUT2D eigenvalue weighted by molar-refractivity contribution is 0.195. The Morgan fingerprint density at radius 2 is 2.26 bits per heavy atom. The van der Waals surface area contributed by atoms with Crippen molar-refractivity contribution in [3.05, 3.63) is 36.4 Å². The van der Waals surface area contributed by atoms with Gasteiger partial charge in [0.1, 0.15) is 6.33 Å². The van der Waals surface area contributed by atoms with E-state index in [2.05, 4.69) is 15.5 Å². The molecule has 1 aliphatic heterocycles. The number of carbonyl (C=O) groups excluding carboxylic acids is 1. The Labute approximate surface area is 110 Å². The Kier molecular flexibility index (Phi) is 2.79. The molecule has 0 atom stereocenters. The van der Waals surface area contributed by atoms with Crippen LogP contribution in [0.4, 0.5) is 16.2 Å². The van der Waals surface area contributed by atoms with Crippen LogP contribution in [0.15, 0.2) is 30.6 Å². The minimum Gasteiger partial charge on any atom is -0.399 e. The van der Waals surface area contributed by atoms with Crippen LogP contribution in [-0.2, 0) is 13.1 Å². The second kappa shape index (κ2) is 4.60. The van der Waals surface area contributed by atoms with Crippen LogP contribution in [0.1, 0.15) is 5.82 Å². The Hall–Kier alpha value is -2.57. The number of urea groups is 1. The predicted octanol–water partition coefficient (Wildman–Crippen LogP) is 0.908. The number of fused-ring (bicyclic) bond motifs is 1. The largest absolute Gasteiger partial charge is 0.399 e. The lowest BCUT2D eigenvalue weighted by atomic mass is 10.3. The minimum atomic E-state index is -0.153. The molecule has 0 fully saturated rings. The molecule has 3 rings (SSSR count). The van der Waals surface area contributed by atoms with Crippen molar-refractivity contribution in [1.82, 2.24) is 19.7 Å². The fourth-order valence-corrected chi connectivity index (χ4v) is 2.06. The van der Waals surface area contributed by atoms with Crippen molar-refractivity contribution >= 4 is 17.4 Å². The first-order chi connectivity index (χ1) is 9.22. The Balaban J connectivity index is 1.69. The van der Waals surface area contributed by atoms with Gasteiger partial charge < -0.3 is 20.5 Å². The maximum absolute atomic E-state index is 12.1. The van der Waals surface area contributed by atoms with Crippen LogP contribution in [0.3, 0.4) is 0 Å². The molecule has 0 bridgehead atoms. The zero-order valence-electron chi connectivity index (χ0n) is 10.3. The zero-order chi connectivity index (χ0) is 13.2. The van der Waals surface area contributed by atoms with Gasteiger partial charge in [-0.15, -0.1) is 10.2 Å². The molecule has 0 unspecified atom stereocenters. The number of nitrogens with one attached hydrogen (secondary N) is 1. The molecule has 0 spiro atoms. The van der Waals surface area contributed by atoms with Gasteiger partial charge in [0.05, 0.1) is 6.54 Å². The van der Waals surface area contributed by atoms with E-state index in [4.69, 9.17) is 5.73 Å². The molecule has 2 heterocycles. The second-order valence-electron chi connectivity index (χ2n) is 4.42. The van der Waals surface area contributed by atoms with Gasteiger partial charge in [0.2, 0.25) is 0 Å². The molecule has 2 amide bonds. The Bertz CT molecular complexity index is 608. The van der Waals surface area contributed by atoms with Crippen molar-refractivity contribution in [3.63, 3.8) is 0 Å². The number of rotatable bonds is 1. The maximum Gasteiger partial charge on any atom is 0.322 e. The van der Waals surface area contributed by atoms with Crippen molar-refractivity contribution in [2.75, 3.05) is 17.6 Å². The fourth-order valence-electron chi connectivity index (χ4n) is 2.06. The van der Waals surface area contributed by atoms with Crippen molar-refractivity contribution in [1.29, 1.82) is 0 Å². The van der Waals surface area contributed by atoms with Gasteiger partial charge in [-0.05, 0) is 18.2 Å². The summed E-state index contributed by atoms with van der Waals surface area (Å²) in [6, 6.07) is 6.96. The summed E-state index contributed by atoms with van der Waals surface area (Å²) in [6.45, 7) is 1.82. The first-order valence-corrected chi connectivity index (χ1v) is 6.00. The molecule has 1 aliphatic rings. The van der Waals surface area contributed by atoms with E-state index in [1.54, 1.807) is 35.5 Å². The molecule has 7 nitrogen and oxygen atoms in total. The molecule has 19 heavy (non-hydrogen) atoms. The predicted molar refractivity (Wildman–Crippen MR) is 70.3 cm³/mol. The normalized spacial score (nSPS) is 14.0. The number of nitrogens with two attached hydrogens (primary N) is 1. The van der Waals surface area contributed by atoms with E-state index < -0.39 is 0 Å². The van der Waals surface area contributed by atoms with Crippen molar-refractivity contribution < 1.29 is 4.79 Å². The summed E-state index contributed by atoms with van der Waals surface area (Å²) in [6.07, 6.45) is 1.68. The lowest BCUT2D eigenvalue weighted by Crippen LogP contribution is -2.40. The smallest absolute Gasteiger partial charge is 0.322 e. The van der Waals surface area contributed by atoms with Gasteiger partial charge in [-0.3, -0.25) is 0 Å². The van der Waals surface area contributed by atoms with Crippen molar-refractivity contribution in [2.45, 2.75) is 13.1 Å². The first kappa shape index (κ1) is 11.5. The van der Waals surface area contributed by atoms with E-state index >= 15 is 0 Å². The van der Waals surface area contributed by atoms with E-state index in [9.17, 15) is 4.79 Å². The van der Waals surface area contributed by atoms with E-state index in [0.717, 1.165) is 5.82 Å². The van der Waals surface area contributed by atoms with Crippen LogP contribution in [0, 0.1) is 0 Å². The summed E-state index contributed by atoms with van der Waals surface area (Å²) >= 11 is 0. The third-order valence-corrected chi connectivity index (χ3v) is 3.06. The van der Waals surface area contributed by atoms with Crippen LogP contribution in [0.2, 0.25) is 0 Å². The molecule has 1 aromatic heterocycles. The molecule has 1 aromatic carbocycles. The maximum atomic E-state index is 12.1. The quantitative estimate of drug-likeness (QED) is 0.744. The van der Waals surface area contributed by atoms with Gasteiger partial charge in [0.15, 0.2) is 5.82 Å². The Morgan fingerprint density at radius 1 is 1.37 bits per heavy atom. The van der Waals surface area contributed by atoms with Crippen LogP contribution in [-0.4, -0.2) is 32.2 Å². The van der Waals surface area contributed by atoms with Gasteiger partial charge in [-0.2, -0.15) is 0 Å². The Morgan fingerprint density at radius 3 is 3.11 bits per heavy atom. The fraction of sp³-hybridized carbons (Fsp3) is 0.250. The van der Waals surface area contributed by atoms with Gasteiger partial charge >= 0.3 is 6.03 Å². The third-order valence-electron chi connectivity index (χ3n) is 3.06. The van der Waals surface area contributed by atoms with Gasteiger partial charge in [0.25, 0.3) is 0 Å².